The number of rotatable bonds is 4. The van der Waals surface area contributed by atoms with Gasteiger partial charge in [-0.15, -0.1) is 0 Å². The van der Waals surface area contributed by atoms with E-state index in [0.717, 1.165) is 0 Å². The molecular formula is C15H18BrClN4O4S. The summed E-state index contributed by atoms with van der Waals surface area (Å²) in [5.41, 5.74) is 0. The van der Waals surface area contributed by atoms with Crippen LogP contribution in [0.4, 0.5) is 4.79 Å². The van der Waals surface area contributed by atoms with E-state index in [9.17, 15) is 18.0 Å². The van der Waals surface area contributed by atoms with Gasteiger partial charge in [-0.05, 0) is 18.2 Å². The Morgan fingerprint density at radius 2 is 1.81 bits per heavy atom. The van der Waals surface area contributed by atoms with Gasteiger partial charge in [0.2, 0.25) is 10.0 Å². The van der Waals surface area contributed by atoms with Crippen molar-refractivity contribution in [3.8, 4) is 0 Å². The summed E-state index contributed by atoms with van der Waals surface area (Å²) < 4.78 is 27.7. The van der Waals surface area contributed by atoms with E-state index < -0.39 is 10.0 Å². The number of carbonyl (C=O) groups excluding carboxylic acids is 2. The third kappa shape index (κ3) is 3.74. The molecule has 26 heavy (non-hydrogen) atoms. The highest BCUT2D eigenvalue weighted by Crippen LogP contribution is 2.28. The van der Waals surface area contributed by atoms with Crippen LogP contribution in [-0.2, 0) is 14.8 Å². The number of benzene rings is 1. The molecule has 0 aliphatic carbocycles. The molecule has 1 aromatic carbocycles. The van der Waals surface area contributed by atoms with Crippen LogP contribution in [0, 0.1) is 0 Å². The van der Waals surface area contributed by atoms with E-state index in [4.69, 9.17) is 11.6 Å². The summed E-state index contributed by atoms with van der Waals surface area (Å²) in [6, 6.07) is 4.33. The molecule has 0 aromatic heterocycles. The van der Waals surface area contributed by atoms with Gasteiger partial charge in [-0.1, -0.05) is 27.5 Å². The van der Waals surface area contributed by atoms with Gasteiger partial charge in [0.15, 0.2) is 0 Å². The van der Waals surface area contributed by atoms with E-state index in [1.165, 1.54) is 20.2 Å². The minimum absolute atomic E-state index is 0.0716. The van der Waals surface area contributed by atoms with Gasteiger partial charge >= 0.3 is 6.03 Å². The highest BCUT2D eigenvalue weighted by atomic mass is 79.9. The number of sulfonamides is 1. The van der Waals surface area contributed by atoms with Gasteiger partial charge in [-0.2, -0.15) is 4.31 Å². The van der Waals surface area contributed by atoms with Crippen molar-refractivity contribution in [1.29, 1.82) is 0 Å². The van der Waals surface area contributed by atoms with E-state index in [-0.39, 0.29) is 48.2 Å². The summed E-state index contributed by atoms with van der Waals surface area (Å²) in [5.74, 6) is -0.241. The molecule has 2 aliphatic rings. The Morgan fingerprint density at radius 3 is 2.35 bits per heavy atom. The van der Waals surface area contributed by atoms with E-state index >= 15 is 0 Å². The third-order valence-electron chi connectivity index (χ3n) is 4.42. The fraction of sp³-hybridized carbons (Fsp3) is 0.467. The van der Waals surface area contributed by atoms with E-state index in [1.54, 1.807) is 19.2 Å². The zero-order chi connectivity index (χ0) is 19.1. The number of urea groups is 1. The number of hydrogen-bond donors (Lipinski definition) is 0. The van der Waals surface area contributed by atoms with Crippen LogP contribution in [0.15, 0.2) is 27.6 Å². The maximum absolute atomic E-state index is 12.8. The zero-order valence-electron chi connectivity index (χ0n) is 14.1. The van der Waals surface area contributed by atoms with Crippen molar-refractivity contribution < 1.29 is 18.0 Å². The summed E-state index contributed by atoms with van der Waals surface area (Å²) in [6.45, 7) is 1.63. The van der Waals surface area contributed by atoms with E-state index in [0.29, 0.717) is 17.6 Å². The van der Waals surface area contributed by atoms with Crippen LogP contribution >= 0.6 is 27.5 Å². The molecule has 0 saturated carbocycles. The first kappa shape index (κ1) is 19.6. The van der Waals surface area contributed by atoms with Gasteiger partial charge in [-0.25, -0.2) is 18.1 Å². The lowest BCUT2D eigenvalue weighted by Crippen LogP contribution is -2.52. The summed E-state index contributed by atoms with van der Waals surface area (Å²) in [4.78, 5) is 28.3. The molecule has 0 bridgehead atoms. The Labute approximate surface area is 165 Å². The van der Waals surface area contributed by atoms with Crippen molar-refractivity contribution in [3.05, 3.63) is 27.7 Å². The van der Waals surface area contributed by atoms with Crippen molar-refractivity contribution in [3.63, 3.8) is 0 Å². The number of imide groups is 1. The molecule has 0 atom stereocenters. The quantitative estimate of drug-likeness (QED) is 0.626. The Bertz CT molecular complexity index is 842. The predicted octanol–water partition coefficient (Wildman–Crippen LogP) is 1.26. The average molecular weight is 466 g/mol. The maximum atomic E-state index is 12.8. The second kappa shape index (κ2) is 7.43. The van der Waals surface area contributed by atoms with E-state index in [2.05, 4.69) is 15.9 Å². The third-order valence-corrected chi connectivity index (χ3v) is 7.29. The molecule has 1 aromatic rings. The van der Waals surface area contributed by atoms with Crippen LogP contribution in [0.5, 0.6) is 0 Å². The standard InChI is InChI=1S/C15H18BrClN4O4S/c1-18-9-14(22)21(15(18)23)10-19-4-6-20(7-5-19)26(24,25)13-3-2-11(16)8-12(13)17/h2-3,8H,4-7,9-10H2,1H3. The normalized spacial score (nSPS) is 20.3. The molecule has 0 N–H and O–H groups in total. The molecular weight excluding hydrogens is 448 g/mol. The Hall–Kier alpha value is -1.20. The first-order chi connectivity index (χ1) is 12.2. The average Bonchev–Trinajstić information content (AvgIpc) is 2.81. The van der Waals surface area contributed by atoms with Crippen molar-refractivity contribution in [1.82, 2.24) is 19.0 Å². The maximum Gasteiger partial charge on any atom is 0.328 e. The number of hydrogen-bond acceptors (Lipinski definition) is 5. The van der Waals surface area contributed by atoms with Crippen molar-refractivity contribution in [2.24, 2.45) is 0 Å². The minimum Gasteiger partial charge on any atom is -0.318 e. The molecule has 2 heterocycles. The number of halogens is 2. The van der Waals surface area contributed by atoms with Crippen LogP contribution < -0.4 is 0 Å². The molecule has 142 valence electrons. The molecule has 0 unspecified atom stereocenters. The number of carbonyl (C=O) groups is 2. The summed E-state index contributed by atoms with van der Waals surface area (Å²) in [5, 5.41) is 0.165. The van der Waals surface area contributed by atoms with Crippen LogP contribution in [0.2, 0.25) is 5.02 Å². The second-order valence-electron chi connectivity index (χ2n) is 6.20. The van der Waals surface area contributed by atoms with Gasteiger partial charge in [-0.3, -0.25) is 9.69 Å². The molecule has 8 nitrogen and oxygen atoms in total. The van der Waals surface area contributed by atoms with Crippen LogP contribution in [0.25, 0.3) is 0 Å². The lowest BCUT2D eigenvalue weighted by atomic mass is 10.4. The monoisotopic (exact) mass is 464 g/mol. The fourth-order valence-electron chi connectivity index (χ4n) is 2.94. The van der Waals surface area contributed by atoms with Crippen LogP contribution in [0.1, 0.15) is 0 Å². The van der Waals surface area contributed by atoms with Gasteiger partial charge in [0.1, 0.15) is 11.4 Å². The lowest BCUT2D eigenvalue weighted by molar-refractivity contribution is -0.126. The smallest absolute Gasteiger partial charge is 0.318 e. The number of nitrogens with zero attached hydrogens (tertiary/aromatic N) is 4. The molecule has 2 fully saturated rings. The highest BCUT2D eigenvalue weighted by Gasteiger charge is 2.36. The second-order valence-corrected chi connectivity index (χ2v) is 9.43. The Morgan fingerprint density at radius 1 is 1.15 bits per heavy atom. The van der Waals surface area contributed by atoms with Crippen molar-refractivity contribution in [2.45, 2.75) is 4.90 Å². The Kier molecular flexibility index (Phi) is 5.59. The van der Waals surface area contributed by atoms with Crippen LogP contribution in [0.3, 0.4) is 0 Å². The van der Waals surface area contributed by atoms with Gasteiger partial charge in [0, 0.05) is 37.7 Å². The summed E-state index contributed by atoms with van der Waals surface area (Å²) in [6.07, 6.45) is 0. The number of likely N-dealkylation sites (N-methyl/N-ethyl adjacent to an activating group) is 1. The number of amides is 3. The fourth-order valence-corrected chi connectivity index (χ4v) is 5.38. The van der Waals surface area contributed by atoms with Crippen molar-refractivity contribution in [2.75, 3.05) is 46.4 Å². The lowest BCUT2D eigenvalue weighted by Gasteiger charge is -2.35. The summed E-state index contributed by atoms with van der Waals surface area (Å²) >= 11 is 9.35. The molecule has 2 aliphatic heterocycles. The highest BCUT2D eigenvalue weighted by molar-refractivity contribution is 9.10. The van der Waals surface area contributed by atoms with Crippen LogP contribution in [-0.4, -0.2) is 85.8 Å². The predicted molar refractivity (Wildman–Crippen MR) is 99.2 cm³/mol. The number of piperazine rings is 1. The van der Waals surface area contributed by atoms with E-state index in [1.807, 2.05) is 4.90 Å². The summed E-state index contributed by atoms with van der Waals surface area (Å²) in [7, 11) is -2.12. The largest absolute Gasteiger partial charge is 0.328 e. The molecule has 0 radical (unpaired) electrons. The molecule has 3 amide bonds. The van der Waals surface area contributed by atoms with Gasteiger partial charge < -0.3 is 4.90 Å². The SMILES string of the molecule is CN1CC(=O)N(CN2CCN(S(=O)(=O)c3ccc(Br)cc3Cl)CC2)C1=O. The zero-order valence-corrected chi connectivity index (χ0v) is 17.2. The topological polar surface area (TPSA) is 81.2 Å². The van der Waals surface area contributed by atoms with Gasteiger partial charge in [0.25, 0.3) is 5.91 Å². The minimum atomic E-state index is -3.69. The van der Waals surface area contributed by atoms with Gasteiger partial charge in [0.05, 0.1) is 11.7 Å². The van der Waals surface area contributed by atoms with Crippen molar-refractivity contribution >= 4 is 49.5 Å². The first-order valence-corrected chi connectivity index (χ1v) is 10.5. The molecule has 2 saturated heterocycles. The first-order valence-electron chi connectivity index (χ1n) is 7.93. The molecule has 11 heteroatoms. The Balaban J connectivity index is 1.65. The molecule has 0 spiro atoms. The molecule has 3 rings (SSSR count).